The Balaban J connectivity index is 3.24. The lowest BCUT2D eigenvalue weighted by Crippen LogP contribution is -2.04. The molecule has 0 unspecified atom stereocenters. The lowest BCUT2D eigenvalue weighted by molar-refractivity contribution is -0.144. The number of carbonyl (C=O) groups excluding carboxylic acids is 2. The van der Waals surface area contributed by atoms with Crippen LogP contribution in [0, 0.1) is 0 Å². The van der Waals surface area contributed by atoms with Crippen LogP contribution in [0.3, 0.4) is 0 Å². The molecular weight excluding hydrogens is 328 g/mol. The van der Waals surface area contributed by atoms with Crippen molar-refractivity contribution in [3.63, 3.8) is 0 Å². The molecule has 0 aliphatic carbocycles. The molecular formula is C22H40O4. The highest BCUT2D eigenvalue weighted by molar-refractivity contribution is 5.69. The van der Waals surface area contributed by atoms with Gasteiger partial charge in [0.2, 0.25) is 0 Å². The summed E-state index contributed by atoms with van der Waals surface area (Å²) in [5.41, 5.74) is 0. The van der Waals surface area contributed by atoms with E-state index in [2.05, 4.69) is 12.2 Å². The molecule has 152 valence electrons. The SMILES string of the molecule is CCCOC(=O)CCCCC/C=C/CCCCCCCC(=O)OCCC. The van der Waals surface area contributed by atoms with Gasteiger partial charge in [0.25, 0.3) is 0 Å². The molecule has 0 amide bonds. The molecule has 0 fully saturated rings. The van der Waals surface area contributed by atoms with Crippen molar-refractivity contribution in [1.82, 2.24) is 0 Å². The monoisotopic (exact) mass is 368 g/mol. The van der Waals surface area contributed by atoms with E-state index in [4.69, 9.17) is 9.47 Å². The number of esters is 2. The van der Waals surface area contributed by atoms with E-state index in [9.17, 15) is 9.59 Å². The summed E-state index contributed by atoms with van der Waals surface area (Å²) in [5.74, 6) is -0.104. The molecule has 0 rings (SSSR count). The fraction of sp³-hybridized carbons (Fsp3) is 0.818. The van der Waals surface area contributed by atoms with E-state index < -0.39 is 0 Å². The predicted molar refractivity (Wildman–Crippen MR) is 107 cm³/mol. The number of hydrogen-bond acceptors (Lipinski definition) is 4. The van der Waals surface area contributed by atoms with Gasteiger partial charge in [0.05, 0.1) is 13.2 Å². The Labute approximate surface area is 160 Å². The third-order valence-electron chi connectivity index (χ3n) is 4.10. The summed E-state index contributed by atoms with van der Waals surface area (Å²) >= 11 is 0. The second-order valence-electron chi connectivity index (χ2n) is 6.82. The molecule has 0 saturated carbocycles. The third-order valence-corrected chi connectivity index (χ3v) is 4.10. The summed E-state index contributed by atoms with van der Waals surface area (Å²) in [6.45, 7) is 5.12. The first-order valence-electron chi connectivity index (χ1n) is 10.7. The Morgan fingerprint density at radius 1 is 0.615 bits per heavy atom. The van der Waals surface area contributed by atoms with E-state index in [0.717, 1.165) is 57.8 Å². The first kappa shape index (κ1) is 24.7. The van der Waals surface area contributed by atoms with Crippen LogP contribution in [0.5, 0.6) is 0 Å². The molecule has 0 aromatic heterocycles. The molecule has 4 nitrogen and oxygen atoms in total. The predicted octanol–water partition coefficient (Wildman–Crippen LogP) is 6.13. The number of ether oxygens (including phenoxy) is 2. The molecule has 0 bridgehead atoms. The van der Waals surface area contributed by atoms with Gasteiger partial charge in [-0.25, -0.2) is 0 Å². The summed E-state index contributed by atoms with van der Waals surface area (Å²) in [7, 11) is 0. The highest BCUT2D eigenvalue weighted by Gasteiger charge is 2.01. The van der Waals surface area contributed by atoms with E-state index in [-0.39, 0.29) is 11.9 Å². The van der Waals surface area contributed by atoms with Crippen molar-refractivity contribution in [2.75, 3.05) is 13.2 Å². The normalized spacial score (nSPS) is 11.0. The number of carbonyl (C=O) groups is 2. The maximum Gasteiger partial charge on any atom is 0.305 e. The minimum atomic E-state index is -0.0553. The number of allylic oxidation sites excluding steroid dienone is 2. The summed E-state index contributed by atoms with van der Waals surface area (Å²) in [6, 6.07) is 0. The van der Waals surface area contributed by atoms with Crippen LogP contribution in [-0.4, -0.2) is 25.2 Å². The minimum absolute atomic E-state index is 0.0485. The Morgan fingerprint density at radius 3 is 1.46 bits per heavy atom. The second-order valence-corrected chi connectivity index (χ2v) is 6.82. The van der Waals surface area contributed by atoms with Gasteiger partial charge in [-0.2, -0.15) is 0 Å². The fourth-order valence-electron chi connectivity index (χ4n) is 2.58. The lowest BCUT2D eigenvalue weighted by Gasteiger charge is -2.03. The molecule has 0 aliphatic heterocycles. The van der Waals surface area contributed by atoms with Crippen molar-refractivity contribution in [3.8, 4) is 0 Å². The van der Waals surface area contributed by atoms with Crippen LogP contribution in [-0.2, 0) is 19.1 Å². The van der Waals surface area contributed by atoms with Gasteiger partial charge in [0.15, 0.2) is 0 Å². The maximum atomic E-state index is 11.3. The van der Waals surface area contributed by atoms with E-state index in [1.54, 1.807) is 0 Å². The van der Waals surface area contributed by atoms with Crippen molar-refractivity contribution in [2.45, 2.75) is 104 Å². The Morgan fingerprint density at radius 2 is 1.00 bits per heavy atom. The average Bonchev–Trinajstić information content (AvgIpc) is 2.64. The molecule has 0 heterocycles. The van der Waals surface area contributed by atoms with Crippen LogP contribution in [0.25, 0.3) is 0 Å². The summed E-state index contributed by atoms with van der Waals surface area (Å²) < 4.78 is 10.1. The van der Waals surface area contributed by atoms with Crippen molar-refractivity contribution < 1.29 is 19.1 Å². The molecule has 0 aromatic carbocycles. The van der Waals surface area contributed by atoms with Crippen LogP contribution in [0.2, 0.25) is 0 Å². The zero-order valence-corrected chi connectivity index (χ0v) is 17.1. The summed E-state index contributed by atoms with van der Waals surface area (Å²) in [6.07, 6.45) is 18.6. The van der Waals surface area contributed by atoms with Gasteiger partial charge in [-0.1, -0.05) is 51.7 Å². The third kappa shape index (κ3) is 19.0. The van der Waals surface area contributed by atoms with Crippen molar-refractivity contribution in [3.05, 3.63) is 12.2 Å². The van der Waals surface area contributed by atoms with Crippen LogP contribution in [0.15, 0.2) is 12.2 Å². The van der Waals surface area contributed by atoms with E-state index in [1.165, 1.54) is 19.3 Å². The van der Waals surface area contributed by atoms with E-state index >= 15 is 0 Å². The molecule has 0 aromatic rings. The standard InChI is InChI=1S/C22H40O4/c1-3-19-25-21(23)17-15-13-11-9-7-5-6-8-10-12-14-16-18-22(24)26-20-4-2/h5,7H,3-4,6,8-20H2,1-2H3/b7-5+. The quantitative estimate of drug-likeness (QED) is 0.166. The minimum Gasteiger partial charge on any atom is -0.466 e. The van der Waals surface area contributed by atoms with Gasteiger partial charge in [0.1, 0.15) is 0 Å². The van der Waals surface area contributed by atoms with Gasteiger partial charge in [0, 0.05) is 12.8 Å². The zero-order valence-electron chi connectivity index (χ0n) is 17.1. The lowest BCUT2D eigenvalue weighted by atomic mass is 10.1. The van der Waals surface area contributed by atoms with Gasteiger partial charge >= 0.3 is 11.9 Å². The number of hydrogen-bond donors (Lipinski definition) is 0. The largest absolute Gasteiger partial charge is 0.466 e. The van der Waals surface area contributed by atoms with Gasteiger partial charge in [-0.15, -0.1) is 0 Å². The summed E-state index contributed by atoms with van der Waals surface area (Å²) in [4.78, 5) is 22.6. The molecule has 0 aliphatic rings. The van der Waals surface area contributed by atoms with Crippen molar-refractivity contribution in [2.24, 2.45) is 0 Å². The van der Waals surface area contributed by atoms with E-state index in [1.807, 2.05) is 13.8 Å². The van der Waals surface area contributed by atoms with Crippen LogP contribution in [0.4, 0.5) is 0 Å². The molecule has 0 saturated heterocycles. The smallest absolute Gasteiger partial charge is 0.305 e. The molecule has 0 spiro atoms. The zero-order chi connectivity index (χ0) is 19.3. The number of unbranched alkanes of at least 4 members (excludes halogenated alkanes) is 8. The van der Waals surface area contributed by atoms with Crippen molar-refractivity contribution in [1.29, 1.82) is 0 Å². The maximum absolute atomic E-state index is 11.3. The molecule has 26 heavy (non-hydrogen) atoms. The van der Waals surface area contributed by atoms with Crippen molar-refractivity contribution >= 4 is 11.9 Å². The van der Waals surface area contributed by atoms with Gasteiger partial charge < -0.3 is 9.47 Å². The molecule has 0 radical (unpaired) electrons. The second kappa shape index (κ2) is 20.0. The molecule has 4 heteroatoms. The molecule has 0 atom stereocenters. The Kier molecular flexibility index (Phi) is 19.0. The van der Waals surface area contributed by atoms with Gasteiger partial charge in [-0.05, 0) is 51.4 Å². The molecule has 0 N–H and O–H groups in total. The van der Waals surface area contributed by atoms with Crippen LogP contribution in [0.1, 0.15) is 104 Å². The Hall–Kier alpha value is -1.32. The summed E-state index contributed by atoms with van der Waals surface area (Å²) in [5, 5.41) is 0. The fourth-order valence-corrected chi connectivity index (χ4v) is 2.58. The van der Waals surface area contributed by atoms with Gasteiger partial charge in [-0.3, -0.25) is 9.59 Å². The topological polar surface area (TPSA) is 52.6 Å². The van der Waals surface area contributed by atoms with Crippen LogP contribution >= 0.6 is 0 Å². The first-order valence-corrected chi connectivity index (χ1v) is 10.7. The number of rotatable bonds is 18. The van der Waals surface area contributed by atoms with Crippen LogP contribution < -0.4 is 0 Å². The highest BCUT2D eigenvalue weighted by Crippen LogP contribution is 2.09. The Bertz CT molecular complexity index is 363. The first-order chi connectivity index (χ1) is 12.7. The average molecular weight is 369 g/mol. The highest BCUT2D eigenvalue weighted by atomic mass is 16.5. The van der Waals surface area contributed by atoms with E-state index in [0.29, 0.717) is 26.1 Å².